The smallest absolute Gasteiger partial charge is 0.0419 e. The fraction of sp³-hybridized carbons (Fsp3) is 0.200. The molecule has 4 N–H and O–H groups in total. The van der Waals surface area contributed by atoms with Crippen molar-refractivity contribution in [2.45, 2.75) is 18.9 Å². The Labute approximate surface area is 166 Å². The molecule has 0 spiro atoms. The number of hydrogen-bond donors (Lipinski definition) is 3. The minimum Gasteiger partial charge on any atom is -0.384 e. The third kappa shape index (κ3) is 4.26. The molecule has 0 saturated heterocycles. The van der Waals surface area contributed by atoms with Crippen LogP contribution in [0.3, 0.4) is 0 Å². The highest BCUT2D eigenvalue weighted by atomic mass is 14.9. The molecule has 0 aliphatic carbocycles. The van der Waals surface area contributed by atoms with E-state index in [0.29, 0.717) is 0 Å². The Kier molecular flexibility index (Phi) is 5.74. The van der Waals surface area contributed by atoms with Gasteiger partial charge in [-0.2, -0.15) is 0 Å². The zero-order chi connectivity index (χ0) is 19.2. The number of fused-ring (bicyclic) bond motifs is 2. The van der Waals surface area contributed by atoms with E-state index in [1.807, 2.05) is 0 Å². The monoisotopic (exact) mass is 369 g/mol. The summed E-state index contributed by atoms with van der Waals surface area (Å²) < 4.78 is 0. The second-order valence-corrected chi connectivity index (χ2v) is 7.24. The van der Waals surface area contributed by atoms with Gasteiger partial charge in [-0.15, -0.1) is 0 Å². The van der Waals surface area contributed by atoms with Gasteiger partial charge in [-0.25, -0.2) is 0 Å². The van der Waals surface area contributed by atoms with Gasteiger partial charge >= 0.3 is 0 Å². The molecule has 0 aliphatic heterocycles. The molecule has 0 aromatic heterocycles. The second kappa shape index (κ2) is 8.77. The molecule has 4 aromatic rings. The molecule has 28 heavy (non-hydrogen) atoms. The Morgan fingerprint density at radius 1 is 0.571 bits per heavy atom. The normalized spacial score (nSPS) is 11.2. The maximum absolute atomic E-state index is 6.35. The van der Waals surface area contributed by atoms with E-state index in [4.69, 9.17) is 5.73 Å². The molecule has 0 saturated carbocycles. The van der Waals surface area contributed by atoms with E-state index in [1.54, 1.807) is 0 Å². The van der Waals surface area contributed by atoms with E-state index in [2.05, 4.69) is 95.6 Å². The van der Waals surface area contributed by atoms with E-state index < -0.39 is 0 Å². The molecule has 142 valence electrons. The van der Waals surface area contributed by atoms with Gasteiger partial charge < -0.3 is 16.4 Å². The molecule has 3 heteroatoms. The van der Waals surface area contributed by atoms with Gasteiger partial charge in [0.05, 0.1) is 0 Å². The fourth-order valence-electron chi connectivity index (χ4n) is 3.69. The Hall–Kier alpha value is -3.04. The summed E-state index contributed by atoms with van der Waals surface area (Å²) in [6, 6.07) is 29.8. The molecule has 0 fully saturated rings. The third-order valence-electron chi connectivity index (χ3n) is 5.24. The van der Waals surface area contributed by atoms with Crippen molar-refractivity contribution in [2.24, 2.45) is 5.73 Å². The number of anilines is 2. The first-order valence-electron chi connectivity index (χ1n) is 10.00. The Morgan fingerprint density at radius 3 is 1.50 bits per heavy atom. The van der Waals surface area contributed by atoms with Crippen molar-refractivity contribution < 1.29 is 0 Å². The first-order chi connectivity index (χ1) is 13.8. The molecule has 0 radical (unpaired) electrons. The Morgan fingerprint density at radius 2 is 1.00 bits per heavy atom. The van der Waals surface area contributed by atoms with Crippen LogP contribution in [0.1, 0.15) is 12.8 Å². The molecular weight excluding hydrogens is 342 g/mol. The van der Waals surface area contributed by atoms with Gasteiger partial charge in [0.25, 0.3) is 0 Å². The van der Waals surface area contributed by atoms with Crippen LogP contribution in [0.2, 0.25) is 0 Å². The topological polar surface area (TPSA) is 50.1 Å². The lowest BCUT2D eigenvalue weighted by molar-refractivity contribution is 0.600. The van der Waals surface area contributed by atoms with Crippen molar-refractivity contribution in [1.29, 1.82) is 0 Å². The highest BCUT2D eigenvalue weighted by molar-refractivity contribution is 5.94. The number of hydrogen-bond acceptors (Lipinski definition) is 3. The van der Waals surface area contributed by atoms with Crippen molar-refractivity contribution in [3.63, 3.8) is 0 Å². The highest BCUT2D eigenvalue weighted by Gasteiger charge is 2.05. The predicted octanol–water partition coefficient (Wildman–Crippen LogP) is 5.62. The van der Waals surface area contributed by atoms with Gasteiger partial charge in [0.15, 0.2) is 0 Å². The Balaban J connectivity index is 1.26. The largest absolute Gasteiger partial charge is 0.384 e. The minimum absolute atomic E-state index is 0.171. The van der Waals surface area contributed by atoms with Crippen LogP contribution in [0.25, 0.3) is 21.5 Å². The molecule has 0 atom stereocenters. The number of nitrogens with two attached hydrogens (primary N) is 1. The van der Waals surface area contributed by atoms with Gasteiger partial charge in [0.1, 0.15) is 0 Å². The van der Waals surface area contributed by atoms with E-state index in [9.17, 15) is 0 Å². The maximum atomic E-state index is 6.35. The maximum Gasteiger partial charge on any atom is 0.0419 e. The summed E-state index contributed by atoms with van der Waals surface area (Å²) in [5.74, 6) is 0. The molecule has 0 unspecified atom stereocenters. The van der Waals surface area contributed by atoms with Crippen molar-refractivity contribution >= 4 is 32.9 Å². The quantitative estimate of drug-likeness (QED) is 0.377. The summed E-state index contributed by atoms with van der Waals surface area (Å²) in [4.78, 5) is 0. The molecule has 0 bridgehead atoms. The number of rotatable bonds is 8. The van der Waals surface area contributed by atoms with E-state index in [-0.39, 0.29) is 6.04 Å². The van der Waals surface area contributed by atoms with Crippen LogP contribution in [-0.2, 0) is 0 Å². The van der Waals surface area contributed by atoms with Crippen LogP contribution < -0.4 is 16.4 Å². The van der Waals surface area contributed by atoms with Crippen molar-refractivity contribution in [3.05, 3.63) is 84.9 Å². The van der Waals surface area contributed by atoms with E-state index in [0.717, 1.165) is 25.9 Å². The molecule has 3 nitrogen and oxygen atoms in total. The van der Waals surface area contributed by atoms with Gasteiger partial charge in [0.2, 0.25) is 0 Å². The van der Waals surface area contributed by atoms with Crippen LogP contribution in [0.4, 0.5) is 11.4 Å². The van der Waals surface area contributed by atoms with Gasteiger partial charge in [0, 0.05) is 41.3 Å². The van der Waals surface area contributed by atoms with Gasteiger partial charge in [-0.3, -0.25) is 0 Å². The summed E-state index contributed by atoms with van der Waals surface area (Å²) in [6.45, 7) is 1.76. The predicted molar refractivity (Wildman–Crippen MR) is 122 cm³/mol. The van der Waals surface area contributed by atoms with E-state index in [1.165, 1.54) is 32.9 Å². The first-order valence-corrected chi connectivity index (χ1v) is 10.00. The highest BCUT2D eigenvalue weighted by Crippen LogP contribution is 2.24. The zero-order valence-electron chi connectivity index (χ0n) is 16.1. The lowest BCUT2D eigenvalue weighted by Gasteiger charge is -2.15. The van der Waals surface area contributed by atoms with Crippen molar-refractivity contribution in [2.75, 3.05) is 23.7 Å². The zero-order valence-corrected chi connectivity index (χ0v) is 16.1. The summed E-state index contributed by atoms with van der Waals surface area (Å²) in [5, 5.41) is 12.1. The van der Waals surface area contributed by atoms with E-state index >= 15 is 0 Å². The number of benzene rings is 4. The van der Waals surface area contributed by atoms with Crippen LogP contribution >= 0.6 is 0 Å². The third-order valence-corrected chi connectivity index (χ3v) is 5.24. The van der Waals surface area contributed by atoms with Crippen LogP contribution in [0.15, 0.2) is 84.9 Å². The summed E-state index contributed by atoms with van der Waals surface area (Å²) in [6.07, 6.45) is 1.89. The lowest BCUT2D eigenvalue weighted by Crippen LogP contribution is -2.26. The average molecular weight is 370 g/mol. The molecule has 4 aromatic carbocycles. The fourth-order valence-corrected chi connectivity index (χ4v) is 3.69. The second-order valence-electron chi connectivity index (χ2n) is 7.24. The molecule has 0 aliphatic rings. The van der Waals surface area contributed by atoms with Gasteiger partial charge in [-0.05, 0) is 35.7 Å². The number of nitrogens with one attached hydrogen (secondary N) is 2. The van der Waals surface area contributed by atoms with Crippen LogP contribution in [-0.4, -0.2) is 19.1 Å². The molecule has 0 heterocycles. The SMILES string of the molecule is NC(CCNc1cccc2ccccc12)CCNc1cccc2ccccc12. The first kappa shape index (κ1) is 18.3. The standard InChI is InChI=1S/C25H27N3/c26-21(15-17-27-24-13-5-9-19-7-1-3-11-22(19)24)16-18-28-25-14-6-10-20-8-2-4-12-23(20)25/h1-14,21,27-28H,15-18,26H2. The molecule has 4 rings (SSSR count). The van der Waals surface area contributed by atoms with Crippen LogP contribution in [0, 0.1) is 0 Å². The minimum atomic E-state index is 0.171. The van der Waals surface area contributed by atoms with Crippen molar-refractivity contribution in [3.8, 4) is 0 Å². The summed E-state index contributed by atoms with van der Waals surface area (Å²) in [7, 11) is 0. The van der Waals surface area contributed by atoms with Crippen molar-refractivity contribution in [1.82, 2.24) is 0 Å². The van der Waals surface area contributed by atoms with Gasteiger partial charge in [-0.1, -0.05) is 72.8 Å². The average Bonchev–Trinajstić information content (AvgIpc) is 2.74. The Bertz CT molecular complexity index is 962. The lowest BCUT2D eigenvalue weighted by atomic mass is 10.1. The molecular formula is C25H27N3. The molecule has 0 amide bonds. The van der Waals surface area contributed by atoms with Crippen LogP contribution in [0.5, 0.6) is 0 Å². The summed E-state index contributed by atoms with van der Waals surface area (Å²) in [5.41, 5.74) is 8.71. The summed E-state index contributed by atoms with van der Waals surface area (Å²) >= 11 is 0.